The Morgan fingerprint density at radius 1 is 1.46 bits per heavy atom. The Morgan fingerprint density at radius 2 is 2.00 bits per heavy atom. The van der Waals surface area contributed by atoms with Crippen LogP contribution in [-0.2, 0) is 16.6 Å². The molecule has 6 nitrogen and oxygen atoms in total. The minimum absolute atomic E-state index is 0.153. The van der Waals surface area contributed by atoms with E-state index in [-0.39, 0.29) is 5.69 Å². The first-order chi connectivity index (χ1) is 6.04. The maximum Gasteiger partial charge on any atom is 0.324 e. The number of carbonyl (C=O) groups is 2. The van der Waals surface area contributed by atoms with Gasteiger partial charge in [0, 0.05) is 13.2 Å². The fourth-order valence-corrected chi connectivity index (χ4v) is 1.03. The molecule has 1 heterocycles. The van der Waals surface area contributed by atoms with Gasteiger partial charge in [0.2, 0.25) is 0 Å². The lowest BCUT2D eigenvalue weighted by Crippen LogP contribution is -2.23. The van der Waals surface area contributed by atoms with Crippen molar-refractivity contribution in [2.75, 3.05) is 0 Å². The summed E-state index contributed by atoms with van der Waals surface area (Å²) in [5.41, 5.74) is 0.153. The summed E-state index contributed by atoms with van der Waals surface area (Å²) < 4.78 is 1.23. The van der Waals surface area contributed by atoms with Gasteiger partial charge in [-0.15, -0.1) is 0 Å². The third-order valence-corrected chi connectivity index (χ3v) is 1.65. The van der Waals surface area contributed by atoms with Crippen molar-refractivity contribution in [1.29, 1.82) is 0 Å². The highest BCUT2D eigenvalue weighted by molar-refractivity contribution is 5.98. The van der Waals surface area contributed by atoms with Gasteiger partial charge in [-0.25, -0.2) is 0 Å². The SMILES string of the molecule is Cn1nccc1C(C(=O)O)C(=O)O. The summed E-state index contributed by atoms with van der Waals surface area (Å²) in [6.07, 6.45) is 1.36. The summed E-state index contributed by atoms with van der Waals surface area (Å²) in [4.78, 5) is 21.1. The topological polar surface area (TPSA) is 92.4 Å². The minimum Gasteiger partial charge on any atom is -0.480 e. The quantitative estimate of drug-likeness (QED) is 0.627. The summed E-state index contributed by atoms with van der Waals surface area (Å²) in [6.45, 7) is 0. The molecule has 0 amide bonds. The zero-order valence-electron chi connectivity index (χ0n) is 6.84. The van der Waals surface area contributed by atoms with Gasteiger partial charge >= 0.3 is 11.9 Å². The second-order valence-corrected chi connectivity index (χ2v) is 2.49. The van der Waals surface area contributed by atoms with Crippen LogP contribution in [0.3, 0.4) is 0 Å². The minimum atomic E-state index is -1.55. The largest absolute Gasteiger partial charge is 0.480 e. The predicted octanol–water partition coefficient (Wildman–Crippen LogP) is -0.327. The maximum atomic E-state index is 10.6. The molecule has 0 aliphatic heterocycles. The monoisotopic (exact) mass is 184 g/mol. The Bertz CT molecular complexity index is 330. The molecule has 70 valence electrons. The molecular weight excluding hydrogens is 176 g/mol. The van der Waals surface area contributed by atoms with Gasteiger partial charge in [0.1, 0.15) is 0 Å². The molecule has 0 fully saturated rings. The Balaban J connectivity index is 3.09. The molecule has 1 aromatic rings. The standard InChI is InChI=1S/C7H8N2O4/c1-9-4(2-3-8-9)5(6(10)11)7(12)13/h2-3,5H,1H3,(H,10,11)(H,12,13). The second kappa shape index (κ2) is 3.26. The van der Waals surface area contributed by atoms with Gasteiger partial charge in [-0.05, 0) is 6.07 Å². The van der Waals surface area contributed by atoms with E-state index in [0.29, 0.717) is 0 Å². The second-order valence-electron chi connectivity index (χ2n) is 2.49. The number of aromatic nitrogens is 2. The summed E-state index contributed by atoms with van der Waals surface area (Å²) in [5, 5.41) is 20.9. The summed E-state index contributed by atoms with van der Waals surface area (Å²) in [6, 6.07) is 1.37. The lowest BCUT2D eigenvalue weighted by Gasteiger charge is -2.06. The Hall–Kier alpha value is -1.85. The average Bonchev–Trinajstić information content (AvgIpc) is 2.35. The van der Waals surface area contributed by atoms with E-state index < -0.39 is 17.9 Å². The molecule has 2 N–H and O–H groups in total. The molecule has 0 aliphatic rings. The maximum absolute atomic E-state index is 10.6. The molecular formula is C7H8N2O4. The van der Waals surface area contributed by atoms with Crippen molar-refractivity contribution in [1.82, 2.24) is 9.78 Å². The van der Waals surface area contributed by atoms with Crippen LogP contribution in [-0.4, -0.2) is 31.9 Å². The van der Waals surface area contributed by atoms with Gasteiger partial charge in [0.05, 0.1) is 5.69 Å². The van der Waals surface area contributed by atoms with E-state index >= 15 is 0 Å². The zero-order valence-corrected chi connectivity index (χ0v) is 6.84. The van der Waals surface area contributed by atoms with E-state index in [1.807, 2.05) is 0 Å². The highest BCUT2D eigenvalue weighted by Gasteiger charge is 2.30. The van der Waals surface area contributed by atoms with Crippen molar-refractivity contribution in [3.8, 4) is 0 Å². The van der Waals surface area contributed by atoms with Gasteiger partial charge in [-0.1, -0.05) is 0 Å². The molecule has 1 rings (SSSR count). The van der Waals surface area contributed by atoms with Crippen LogP contribution in [0, 0.1) is 0 Å². The molecule has 0 atom stereocenters. The average molecular weight is 184 g/mol. The van der Waals surface area contributed by atoms with Crippen molar-refractivity contribution in [3.63, 3.8) is 0 Å². The highest BCUT2D eigenvalue weighted by atomic mass is 16.4. The third-order valence-electron chi connectivity index (χ3n) is 1.65. The van der Waals surface area contributed by atoms with Crippen molar-refractivity contribution in [3.05, 3.63) is 18.0 Å². The van der Waals surface area contributed by atoms with Crippen LogP contribution in [0.2, 0.25) is 0 Å². The van der Waals surface area contributed by atoms with Crippen molar-refractivity contribution in [2.45, 2.75) is 5.92 Å². The predicted molar refractivity (Wildman–Crippen MR) is 41.2 cm³/mol. The number of nitrogens with zero attached hydrogens (tertiary/aromatic N) is 2. The van der Waals surface area contributed by atoms with E-state index in [4.69, 9.17) is 10.2 Å². The molecule has 13 heavy (non-hydrogen) atoms. The summed E-state index contributed by atoms with van der Waals surface area (Å²) in [7, 11) is 1.49. The number of carboxylic acid groups (broad SMARTS) is 2. The van der Waals surface area contributed by atoms with Crippen LogP contribution in [0.4, 0.5) is 0 Å². The van der Waals surface area contributed by atoms with Gasteiger partial charge < -0.3 is 10.2 Å². The number of hydrogen-bond donors (Lipinski definition) is 2. The molecule has 6 heteroatoms. The number of rotatable bonds is 3. The molecule has 0 saturated carbocycles. The first kappa shape index (κ1) is 9.24. The molecule has 0 spiro atoms. The fourth-order valence-electron chi connectivity index (χ4n) is 1.03. The van der Waals surface area contributed by atoms with Crippen LogP contribution in [0.1, 0.15) is 11.6 Å². The van der Waals surface area contributed by atoms with E-state index in [9.17, 15) is 9.59 Å². The van der Waals surface area contributed by atoms with Gasteiger partial charge in [-0.3, -0.25) is 14.3 Å². The molecule has 0 radical (unpaired) electrons. The molecule has 0 unspecified atom stereocenters. The number of carboxylic acids is 2. The van der Waals surface area contributed by atoms with Crippen LogP contribution >= 0.6 is 0 Å². The summed E-state index contributed by atoms with van der Waals surface area (Å²) >= 11 is 0. The molecule has 0 bridgehead atoms. The van der Waals surface area contributed by atoms with Crippen LogP contribution < -0.4 is 0 Å². The number of aliphatic carboxylic acids is 2. The fraction of sp³-hybridized carbons (Fsp3) is 0.286. The smallest absolute Gasteiger partial charge is 0.324 e. The third kappa shape index (κ3) is 1.66. The Morgan fingerprint density at radius 3 is 2.31 bits per heavy atom. The van der Waals surface area contributed by atoms with Gasteiger partial charge in [0.25, 0.3) is 0 Å². The molecule has 1 aromatic heterocycles. The molecule has 0 saturated heterocycles. The molecule has 0 aliphatic carbocycles. The van der Waals surface area contributed by atoms with Crippen LogP contribution in [0.5, 0.6) is 0 Å². The first-order valence-electron chi connectivity index (χ1n) is 3.47. The highest BCUT2D eigenvalue weighted by Crippen LogP contribution is 2.14. The normalized spacial score (nSPS) is 10.3. The van der Waals surface area contributed by atoms with E-state index in [1.165, 1.54) is 24.0 Å². The Kier molecular flexibility index (Phi) is 2.32. The first-order valence-corrected chi connectivity index (χ1v) is 3.47. The Labute approximate surface area is 73.4 Å². The van der Waals surface area contributed by atoms with Crippen molar-refractivity contribution < 1.29 is 19.8 Å². The zero-order chi connectivity index (χ0) is 10.0. The van der Waals surface area contributed by atoms with E-state index in [2.05, 4.69) is 5.10 Å². The number of hydrogen-bond acceptors (Lipinski definition) is 3. The van der Waals surface area contributed by atoms with Crippen molar-refractivity contribution >= 4 is 11.9 Å². The lowest BCUT2D eigenvalue weighted by atomic mass is 10.1. The summed E-state index contributed by atoms with van der Waals surface area (Å²) in [5.74, 6) is -4.33. The van der Waals surface area contributed by atoms with Crippen molar-refractivity contribution in [2.24, 2.45) is 7.05 Å². The van der Waals surface area contributed by atoms with Gasteiger partial charge in [0.15, 0.2) is 5.92 Å². The van der Waals surface area contributed by atoms with E-state index in [1.54, 1.807) is 0 Å². The van der Waals surface area contributed by atoms with E-state index in [0.717, 1.165) is 0 Å². The van der Waals surface area contributed by atoms with Crippen LogP contribution in [0.15, 0.2) is 12.3 Å². The van der Waals surface area contributed by atoms with Gasteiger partial charge in [-0.2, -0.15) is 5.10 Å². The lowest BCUT2D eigenvalue weighted by molar-refractivity contribution is -0.150. The molecule has 0 aromatic carbocycles. The van der Waals surface area contributed by atoms with Crippen LogP contribution in [0.25, 0.3) is 0 Å². The number of aryl methyl sites for hydroxylation is 1.